The molecule has 0 rings (SSSR count). The zero-order valence-electron chi connectivity index (χ0n) is 3.03. The van der Waals surface area contributed by atoms with E-state index in [1.54, 1.807) is 0 Å². The van der Waals surface area contributed by atoms with Gasteiger partial charge in [0.1, 0.15) is 0 Å². The van der Waals surface area contributed by atoms with E-state index < -0.39 is 0 Å². The van der Waals surface area contributed by atoms with Crippen LogP contribution in [0.5, 0.6) is 0 Å². The molecule has 34 valence electrons. The van der Waals surface area contributed by atoms with Crippen LogP contribution in [0.2, 0.25) is 0 Å². The monoisotopic (exact) mass is 88.0 g/mol. The highest BCUT2D eigenvalue weighted by Crippen LogP contribution is 1.59. The van der Waals surface area contributed by atoms with Gasteiger partial charge in [-0.05, 0) is 0 Å². The van der Waals surface area contributed by atoms with Gasteiger partial charge in [-0.3, -0.25) is 0 Å². The summed E-state index contributed by atoms with van der Waals surface area (Å²) < 4.78 is 0. The number of oxime groups is 2. The molecule has 6 heavy (non-hydrogen) atoms. The van der Waals surface area contributed by atoms with Crippen molar-refractivity contribution in [3.63, 3.8) is 0 Å². The average Bonchev–Trinajstić information content (AvgIpc) is 1.61. The van der Waals surface area contributed by atoms with Crippen molar-refractivity contribution in [2.75, 3.05) is 0 Å². The molecule has 0 bridgehead atoms. The van der Waals surface area contributed by atoms with Crippen molar-refractivity contribution in [2.45, 2.75) is 0 Å². The number of nitrogens with zero attached hydrogens (tertiary/aromatic N) is 2. The van der Waals surface area contributed by atoms with Gasteiger partial charge in [0.05, 0.1) is 0 Å². The fraction of sp³-hybridized carbons (Fsp3) is 0. The van der Waals surface area contributed by atoms with E-state index in [0.717, 1.165) is 6.40 Å². The van der Waals surface area contributed by atoms with Crippen LogP contribution in [0, 0.1) is 0 Å². The minimum atomic E-state index is 0.757. The largest absolute Gasteiger partial charge is 0.408 e. The molecule has 0 amide bonds. The molecule has 0 radical (unpaired) electrons. The summed E-state index contributed by atoms with van der Waals surface area (Å²) in [6, 6.07) is 0. The second-order valence-corrected chi connectivity index (χ2v) is 0.455. The molecule has 0 atom stereocenters. The van der Waals surface area contributed by atoms with Crippen molar-refractivity contribution in [1.29, 1.82) is 0 Å². The van der Waals surface area contributed by atoms with Crippen LogP contribution in [0.15, 0.2) is 10.3 Å². The second kappa shape index (κ2) is 3.94. The maximum atomic E-state index is 7.55. The molecular formula is C2H4N2O2. The molecule has 0 saturated heterocycles. The Bertz CT molecular complexity index is 60.6. The first-order chi connectivity index (χ1) is 2.91. The fourth-order valence-corrected chi connectivity index (χ4v) is 0.0544. The standard InChI is InChI=1S/C2H4N2O2/c1-3-6-2-4-5/h2,5H,1H2. The summed E-state index contributed by atoms with van der Waals surface area (Å²) in [7, 11) is 0. The summed E-state index contributed by atoms with van der Waals surface area (Å²) in [5.41, 5.74) is 0. The molecule has 0 aromatic rings. The summed E-state index contributed by atoms with van der Waals surface area (Å²) in [5.74, 6) is 0. The highest BCUT2D eigenvalue weighted by Gasteiger charge is 1.57. The van der Waals surface area contributed by atoms with Crippen molar-refractivity contribution in [1.82, 2.24) is 0 Å². The molecule has 1 N–H and O–H groups in total. The second-order valence-electron chi connectivity index (χ2n) is 0.455. The highest BCUT2D eigenvalue weighted by atomic mass is 16.6. The Morgan fingerprint density at radius 1 is 1.83 bits per heavy atom. The third-order valence-corrected chi connectivity index (χ3v) is 0.169. The topological polar surface area (TPSA) is 54.2 Å². The van der Waals surface area contributed by atoms with Crippen LogP contribution < -0.4 is 0 Å². The molecule has 0 aromatic carbocycles. The third kappa shape index (κ3) is 2.94. The van der Waals surface area contributed by atoms with E-state index in [1.807, 2.05) is 0 Å². The van der Waals surface area contributed by atoms with Crippen molar-refractivity contribution < 1.29 is 10.0 Å². The lowest BCUT2D eigenvalue weighted by Gasteiger charge is -1.75. The summed E-state index contributed by atoms with van der Waals surface area (Å²) >= 11 is 0. The highest BCUT2D eigenvalue weighted by molar-refractivity contribution is 5.45. The van der Waals surface area contributed by atoms with Crippen LogP contribution in [-0.2, 0) is 4.84 Å². The molecule has 0 aromatic heterocycles. The van der Waals surface area contributed by atoms with Crippen molar-refractivity contribution in [3.8, 4) is 0 Å². The quantitative estimate of drug-likeness (QED) is 0.224. The molecule has 0 saturated carbocycles. The molecule has 0 unspecified atom stereocenters. The first kappa shape index (κ1) is 4.94. The Morgan fingerprint density at radius 2 is 2.50 bits per heavy atom. The summed E-state index contributed by atoms with van der Waals surface area (Å²) in [5, 5.41) is 12.9. The van der Waals surface area contributed by atoms with Gasteiger partial charge in [-0.1, -0.05) is 10.3 Å². The Hall–Kier alpha value is -1.06. The maximum Gasteiger partial charge on any atom is 0.248 e. The molecule has 4 nitrogen and oxygen atoms in total. The minimum absolute atomic E-state index is 0.757. The fourth-order valence-electron chi connectivity index (χ4n) is 0.0544. The number of hydrogen-bond donors (Lipinski definition) is 1. The van der Waals surface area contributed by atoms with Crippen LogP contribution in [0.25, 0.3) is 0 Å². The molecule has 0 aliphatic rings. The number of rotatable bonds is 2. The SMILES string of the molecule is C=NOC=NO. The van der Waals surface area contributed by atoms with Gasteiger partial charge < -0.3 is 10.0 Å². The van der Waals surface area contributed by atoms with Crippen LogP contribution >= 0.6 is 0 Å². The Labute approximate surface area is 34.7 Å². The Morgan fingerprint density at radius 3 is 2.67 bits per heavy atom. The van der Waals surface area contributed by atoms with Gasteiger partial charge in [-0.2, -0.15) is 0 Å². The van der Waals surface area contributed by atoms with E-state index in [1.165, 1.54) is 0 Å². The summed E-state index contributed by atoms with van der Waals surface area (Å²) in [6.45, 7) is 2.92. The first-order valence-electron chi connectivity index (χ1n) is 1.19. The number of hydrogen-bond acceptors (Lipinski definition) is 4. The van der Waals surface area contributed by atoms with Crippen LogP contribution in [-0.4, -0.2) is 18.3 Å². The van der Waals surface area contributed by atoms with Crippen molar-refractivity contribution in [2.24, 2.45) is 10.3 Å². The predicted octanol–water partition coefficient (Wildman–Crippen LogP) is 0.0361. The zero-order chi connectivity index (χ0) is 4.83. The van der Waals surface area contributed by atoms with E-state index in [9.17, 15) is 0 Å². The van der Waals surface area contributed by atoms with Crippen molar-refractivity contribution >= 4 is 13.1 Å². The lowest BCUT2D eigenvalue weighted by molar-refractivity contribution is 0.278. The molecular weight excluding hydrogens is 84.0 g/mol. The molecule has 0 heterocycles. The van der Waals surface area contributed by atoms with E-state index >= 15 is 0 Å². The summed E-state index contributed by atoms with van der Waals surface area (Å²) in [4.78, 5) is 3.95. The van der Waals surface area contributed by atoms with E-state index in [2.05, 4.69) is 21.9 Å². The van der Waals surface area contributed by atoms with Gasteiger partial charge in [0.25, 0.3) is 0 Å². The van der Waals surface area contributed by atoms with Crippen LogP contribution in [0.1, 0.15) is 0 Å². The summed E-state index contributed by atoms with van der Waals surface area (Å²) in [6.07, 6.45) is 0.757. The third-order valence-electron chi connectivity index (χ3n) is 0.169. The van der Waals surface area contributed by atoms with Crippen LogP contribution in [0.3, 0.4) is 0 Å². The Balaban J connectivity index is 2.85. The molecule has 4 heteroatoms. The molecule has 0 aliphatic carbocycles. The van der Waals surface area contributed by atoms with E-state index in [-0.39, 0.29) is 0 Å². The van der Waals surface area contributed by atoms with Gasteiger partial charge in [0.15, 0.2) is 0 Å². The minimum Gasteiger partial charge on any atom is -0.408 e. The smallest absolute Gasteiger partial charge is 0.248 e. The van der Waals surface area contributed by atoms with Crippen molar-refractivity contribution in [3.05, 3.63) is 0 Å². The van der Waals surface area contributed by atoms with Crippen LogP contribution in [0.4, 0.5) is 0 Å². The molecule has 0 spiro atoms. The van der Waals surface area contributed by atoms with E-state index in [0.29, 0.717) is 0 Å². The normalized spacial score (nSPS) is 8.67. The lowest BCUT2D eigenvalue weighted by atomic mass is 11.5. The van der Waals surface area contributed by atoms with Gasteiger partial charge in [-0.15, -0.1) is 0 Å². The molecule has 0 fully saturated rings. The van der Waals surface area contributed by atoms with Gasteiger partial charge in [-0.25, -0.2) is 0 Å². The first-order valence-corrected chi connectivity index (χ1v) is 1.19. The Kier molecular flexibility index (Phi) is 3.24. The van der Waals surface area contributed by atoms with E-state index in [4.69, 9.17) is 5.21 Å². The zero-order valence-corrected chi connectivity index (χ0v) is 3.03. The van der Waals surface area contributed by atoms with Gasteiger partial charge >= 0.3 is 0 Å². The lowest BCUT2D eigenvalue weighted by Crippen LogP contribution is -1.71. The average molecular weight is 88.1 g/mol. The predicted molar refractivity (Wildman–Crippen MR) is 20.9 cm³/mol. The molecule has 0 aliphatic heterocycles. The van der Waals surface area contributed by atoms with Gasteiger partial charge in [0, 0.05) is 6.72 Å². The van der Waals surface area contributed by atoms with Gasteiger partial charge in [0.2, 0.25) is 6.40 Å². The maximum absolute atomic E-state index is 7.55.